The van der Waals surface area contributed by atoms with Gasteiger partial charge in [-0.1, -0.05) is 31.2 Å². The van der Waals surface area contributed by atoms with Crippen molar-refractivity contribution >= 4 is 0 Å². The van der Waals surface area contributed by atoms with Gasteiger partial charge in [0.05, 0.1) is 6.04 Å². The maximum atomic E-state index is 13.2. The van der Waals surface area contributed by atoms with Crippen LogP contribution in [0.3, 0.4) is 0 Å². The third-order valence-electron chi connectivity index (χ3n) is 10.9. The first-order valence-corrected chi connectivity index (χ1v) is 13.2. The largest absolute Gasteiger partial charge is 0.325 e. The summed E-state index contributed by atoms with van der Waals surface area (Å²) in [5.41, 5.74) is 9.01. The zero-order valence-corrected chi connectivity index (χ0v) is 19.9. The Bertz CT molecular complexity index is 827. The first-order chi connectivity index (χ1) is 15.3. The lowest BCUT2D eigenvalue weighted by Crippen LogP contribution is -2.65. The van der Waals surface area contributed by atoms with Crippen molar-refractivity contribution in [3.63, 3.8) is 0 Å². The highest BCUT2D eigenvalue weighted by molar-refractivity contribution is 5.18. The normalized spacial score (nSPS) is 44.2. The van der Waals surface area contributed by atoms with Gasteiger partial charge in [0.2, 0.25) is 0 Å². The Morgan fingerprint density at radius 2 is 1.88 bits per heavy atom. The van der Waals surface area contributed by atoms with Crippen LogP contribution in [0.5, 0.6) is 0 Å². The molecule has 0 aliphatic heterocycles. The van der Waals surface area contributed by atoms with Crippen LogP contribution in [0.1, 0.15) is 83.6 Å². The number of nitroso groups, excluding NO2 is 1. The van der Waals surface area contributed by atoms with Gasteiger partial charge in [0.15, 0.2) is 0 Å². The van der Waals surface area contributed by atoms with Crippen LogP contribution in [0.25, 0.3) is 0 Å². The molecule has 4 aliphatic carbocycles. The van der Waals surface area contributed by atoms with E-state index in [1.54, 1.807) is 12.1 Å². The number of nitrogens with zero attached hydrogens (tertiary/aromatic N) is 1. The Balaban J connectivity index is 1.28. The van der Waals surface area contributed by atoms with Crippen molar-refractivity contribution in [2.24, 2.45) is 51.8 Å². The molecule has 1 aromatic carbocycles. The van der Waals surface area contributed by atoms with Crippen molar-refractivity contribution in [1.82, 2.24) is 0 Å². The fourth-order valence-corrected chi connectivity index (χ4v) is 9.31. The maximum Gasteiger partial charge on any atom is 0.123 e. The van der Waals surface area contributed by atoms with E-state index in [1.165, 1.54) is 44.1 Å². The standard InChI is InChI=1S/C28H41FN2O/c1-18(3-4-19-5-7-21(29)8-6-19)24-11-12-26-27(24,2)15-14-25-23-10-9-22(31-32)17-20(23)13-16-28(25,26)30/h5-8,18,20,22-26H,3-4,9-17,30H2,1-2H3/t18-,20?,22-,23?,24?,25?,26?,27+,28-/m0/s1. The molecular weight excluding hydrogens is 399 g/mol. The Kier molecular flexibility index (Phi) is 5.97. The molecular formula is C28H41FN2O. The van der Waals surface area contributed by atoms with Gasteiger partial charge in [-0.05, 0) is 129 Å². The molecule has 0 amide bonds. The van der Waals surface area contributed by atoms with E-state index in [0.717, 1.165) is 38.0 Å². The minimum Gasteiger partial charge on any atom is -0.325 e. The fraction of sp³-hybridized carbons (Fsp3) is 0.786. The zero-order valence-electron chi connectivity index (χ0n) is 19.9. The summed E-state index contributed by atoms with van der Waals surface area (Å²) >= 11 is 0. The fourth-order valence-electron chi connectivity index (χ4n) is 9.31. The lowest BCUT2D eigenvalue weighted by atomic mass is 9.46. The number of benzene rings is 1. The Morgan fingerprint density at radius 3 is 2.62 bits per heavy atom. The molecule has 2 N–H and O–H groups in total. The number of halogens is 1. The Hall–Kier alpha value is -1.29. The van der Waals surface area contributed by atoms with E-state index < -0.39 is 0 Å². The van der Waals surface area contributed by atoms with E-state index >= 15 is 0 Å². The molecule has 176 valence electrons. The van der Waals surface area contributed by atoms with Gasteiger partial charge >= 0.3 is 0 Å². The summed E-state index contributed by atoms with van der Waals surface area (Å²) in [6, 6.07) is 7.10. The van der Waals surface area contributed by atoms with E-state index in [-0.39, 0.29) is 17.4 Å². The highest BCUT2D eigenvalue weighted by Crippen LogP contribution is 2.66. The van der Waals surface area contributed by atoms with Crippen LogP contribution in [-0.2, 0) is 6.42 Å². The first kappa shape index (κ1) is 22.5. The Morgan fingerprint density at radius 1 is 1.09 bits per heavy atom. The highest BCUT2D eigenvalue weighted by atomic mass is 19.1. The topological polar surface area (TPSA) is 55.5 Å². The summed E-state index contributed by atoms with van der Waals surface area (Å²) in [6.07, 6.45) is 12.8. The summed E-state index contributed by atoms with van der Waals surface area (Å²) in [6.45, 7) is 5.01. The lowest BCUT2D eigenvalue weighted by molar-refractivity contribution is -0.0875. The average Bonchev–Trinajstić information content (AvgIpc) is 3.16. The summed E-state index contributed by atoms with van der Waals surface area (Å²) in [5, 5.41) is 3.40. The molecule has 32 heavy (non-hydrogen) atoms. The predicted molar refractivity (Wildman–Crippen MR) is 127 cm³/mol. The third kappa shape index (κ3) is 3.65. The van der Waals surface area contributed by atoms with E-state index in [4.69, 9.17) is 5.73 Å². The molecule has 0 aromatic heterocycles. The molecule has 4 heteroatoms. The number of rotatable bonds is 5. The van der Waals surface area contributed by atoms with Crippen molar-refractivity contribution in [3.05, 3.63) is 40.6 Å². The molecule has 0 heterocycles. The van der Waals surface area contributed by atoms with E-state index in [0.29, 0.717) is 35.0 Å². The molecule has 9 atom stereocenters. The zero-order chi connectivity index (χ0) is 22.5. The van der Waals surface area contributed by atoms with Crippen molar-refractivity contribution in [1.29, 1.82) is 0 Å². The quantitative estimate of drug-likeness (QED) is 0.507. The van der Waals surface area contributed by atoms with Crippen molar-refractivity contribution in [3.8, 4) is 0 Å². The molecule has 0 saturated heterocycles. The minimum absolute atomic E-state index is 0.0129. The van der Waals surface area contributed by atoms with Crippen LogP contribution in [0, 0.1) is 51.6 Å². The number of aryl methyl sites for hydroxylation is 1. The lowest BCUT2D eigenvalue weighted by Gasteiger charge is -2.61. The van der Waals surface area contributed by atoms with Gasteiger partial charge in [-0.3, -0.25) is 0 Å². The second-order valence-electron chi connectivity index (χ2n) is 12.2. The van der Waals surface area contributed by atoms with Crippen LogP contribution in [0.4, 0.5) is 4.39 Å². The number of nitrogens with two attached hydrogens (primary N) is 1. The molecule has 5 unspecified atom stereocenters. The number of fused-ring (bicyclic) bond motifs is 5. The molecule has 4 saturated carbocycles. The summed E-state index contributed by atoms with van der Waals surface area (Å²) < 4.78 is 13.2. The maximum absolute atomic E-state index is 13.2. The monoisotopic (exact) mass is 440 g/mol. The van der Waals surface area contributed by atoms with Crippen molar-refractivity contribution in [2.45, 2.75) is 96.1 Å². The molecule has 0 spiro atoms. The predicted octanol–water partition coefficient (Wildman–Crippen LogP) is 6.88. The Labute approximate surface area is 193 Å². The summed E-state index contributed by atoms with van der Waals surface area (Å²) in [5.74, 6) is 3.91. The molecule has 1 aromatic rings. The number of hydrogen-bond acceptors (Lipinski definition) is 3. The molecule has 0 radical (unpaired) electrons. The van der Waals surface area contributed by atoms with Gasteiger partial charge in [-0.15, -0.1) is 0 Å². The van der Waals surface area contributed by atoms with Gasteiger partial charge in [-0.2, -0.15) is 4.91 Å². The summed E-state index contributed by atoms with van der Waals surface area (Å²) in [7, 11) is 0. The molecule has 4 aliphatic rings. The highest BCUT2D eigenvalue weighted by Gasteiger charge is 2.63. The molecule has 3 nitrogen and oxygen atoms in total. The summed E-state index contributed by atoms with van der Waals surface area (Å²) in [4.78, 5) is 11.1. The minimum atomic E-state index is -0.149. The van der Waals surface area contributed by atoms with Gasteiger partial charge < -0.3 is 5.73 Å². The van der Waals surface area contributed by atoms with E-state index in [1.807, 2.05) is 12.1 Å². The third-order valence-corrected chi connectivity index (χ3v) is 10.9. The molecule has 5 rings (SSSR count). The van der Waals surface area contributed by atoms with Crippen molar-refractivity contribution in [2.75, 3.05) is 0 Å². The first-order valence-electron chi connectivity index (χ1n) is 13.2. The van der Waals surface area contributed by atoms with Crippen LogP contribution in [-0.4, -0.2) is 11.6 Å². The molecule has 4 fully saturated rings. The smallest absolute Gasteiger partial charge is 0.123 e. The van der Waals surface area contributed by atoms with Gasteiger partial charge in [0.25, 0.3) is 0 Å². The SMILES string of the molecule is C[C@@H](CCc1ccc(F)cc1)C1CCC2[C@]1(C)CCC1C3CC[C@H](N=O)CC3CC[C@]12N. The van der Waals surface area contributed by atoms with E-state index in [2.05, 4.69) is 19.0 Å². The van der Waals surface area contributed by atoms with Gasteiger partial charge in [-0.25, -0.2) is 4.39 Å². The van der Waals surface area contributed by atoms with Crippen LogP contribution in [0.15, 0.2) is 29.4 Å². The van der Waals surface area contributed by atoms with E-state index in [9.17, 15) is 9.30 Å². The second-order valence-corrected chi connectivity index (χ2v) is 12.2. The second kappa shape index (κ2) is 8.49. The van der Waals surface area contributed by atoms with Gasteiger partial charge in [0, 0.05) is 5.54 Å². The van der Waals surface area contributed by atoms with Crippen LogP contribution >= 0.6 is 0 Å². The van der Waals surface area contributed by atoms with Crippen LogP contribution < -0.4 is 5.73 Å². The number of hydrogen-bond donors (Lipinski definition) is 1. The average molecular weight is 441 g/mol. The van der Waals surface area contributed by atoms with Crippen molar-refractivity contribution < 1.29 is 4.39 Å². The van der Waals surface area contributed by atoms with Crippen LogP contribution in [0.2, 0.25) is 0 Å². The van der Waals surface area contributed by atoms with Gasteiger partial charge in [0.1, 0.15) is 5.82 Å². The molecule has 0 bridgehead atoms.